The predicted molar refractivity (Wildman–Crippen MR) is 79.3 cm³/mol. The Bertz CT molecular complexity index is 251. The molecule has 18 heavy (non-hydrogen) atoms. The van der Waals surface area contributed by atoms with Gasteiger partial charge in [0.05, 0.1) is 0 Å². The molecule has 0 aromatic rings. The third kappa shape index (κ3) is 3.86. The monoisotopic (exact) mass is 269 g/mol. The van der Waals surface area contributed by atoms with Crippen LogP contribution in [0.25, 0.3) is 0 Å². The normalized spacial score (nSPS) is 32.3. The summed E-state index contributed by atoms with van der Waals surface area (Å²) in [7, 11) is 0. The smallest absolute Gasteiger partial charge is 0.0223 e. The van der Waals surface area contributed by atoms with Crippen molar-refractivity contribution in [3.05, 3.63) is 0 Å². The quantitative estimate of drug-likeness (QED) is 0.824. The molecule has 1 aliphatic carbocycles. The largest absolute Gasteiger partial charge is 0.312 e. The van der Waals surface area contributed by atoms with E-state index < -0.39 is 0 Å². The molecule has 0 radical (unpaired) electrons. The molecule has 0 bridgehead atoms. The zero-order chi connectivity index (χ0) is 12.2. The zero-order valence-electron chi connectivity index (χ0n) is 11.4. The van der Waals surface area contributed by atoms with E-state index >= 15 is 0 Å². The van der Waals surface area contributed by atoms with Crippen molar-refractivity contribution in [3.63, 3.8) is 0 Å². The van der Waals surface area contributed by atoms with E-state index in [9.17, 15) is 0 Å². The lowest BCUT2D eigenvalue weighted by Gasteiger charge is -2.30. The third-order valence-electron chi connectivity index (χ3n) is 4.54. The Morgan fingerprint density at radius 2 is 1.78 bits per heavy atom. The number of thioether (sulfide) groups is 1. The zero-order valence-corrected chi connectivity index (χ0v) is 12.3. The van der Waals surface area contributed by atoms with Crippen molar-refractivity contribution in [1.29, 1.82) is 0 Å². The average Bonchev–Trinajstić information content (AvgIpc) is 3.24. The second-order valence-electron chi connectivity index (χ2n) is 6.01. The molecular weight excluding hydrogens is 242 g/mol. The Morgan fingerprint density at radius 3 is 2.56 bits per heavy atom. The lowest BCUT2D eigenvalue weighted by atomic mass is 10.2. The van der Waals surface area contributed by atoms with Crippen LogP contribution in [-0.4, -0.2) is 73.2 Å². The van der Waals surface area contributed by atoms with Gasteiger partial charge in [0.25, 0.3) is 0 Å². The molecule has 104 valence electrons. The number of hydrogen-bond donors (Lipinski definition) is 1. The van der Waals surface area contributed by atoms with Crippen molar-refractivity contribution in [3.8, 4) is 0 Å². The van der Waals surface area contributed by atoms with Gasteiger partial charge in [0.15, 0.2) is 0 Å². The summed E-state index contributed by atoms with van der Waals surface area (Å²) in [4.78, 5) is 5.37. The van der Waals surface area contributed by atoms with E-state index in [4.69, 9.17) is 0 Å². The molecular formula is C14H27N3S. The van der Waals surface area contributed by atoms with E-state index in [0.717, 1.165) is 12.0 Å². The van der Waals surface area contributed by atoms with Crippen molar-refractivity contribution < 1.29 is 0 Å². The second kappa shape index (κ2) is 6.60. The lowest BCUT2D eigenvalue weighted by molar-refractivity contribution is 0.207. The van der Waals surface area contributed by atoms with E-state index in [2.05, 4.69) is 26.9 Å². The van der Waals surface area contributed by atoms with Gasteiger partial charge in [0.2, 0.25) is 0 Å². The van der Waals surface area contributed by atoms with E-state index in [0.29, 0.717) is 0 Å². The summed E-state index contributed by atoms with van der Waals surface area (Å²) in [6, 6.07) is 0.796. The highest BCUT2D eigenvalue weighted by atomic mass is 32.2. The van der Waals surface area contributed by atoms with Crippen LogP contribution in [0.3, 0.4) is 0 Å². The Hall–Kier alpha value is 0.230. The van der Waals surface area contributed by atoms with E-state index in [1.54, 1.807) is 0 Å². The molecule has 1 atom stereocenters. The van der Waals surface area contributed by atoms with Crippen LogP contribution in [0.15, 0.2) is 0 Å². The molecule has 2 saturated heterocycles. The van der Waals surface area contributed by atoms with Gasteiger partial charge in [-0.2, -0.15) is 11.8 Å². The maximum Gasteiger partial charge on any atom is 0.0223 e. The highest BCUT2D eigenvalue weighted by Gasteiger charge is 2.32. The molecule has 2 heterocycles. The number of nitrogens with one attached hydrogen (secondary N) is 1. The molecule has 1 unspecified atom stereocenters. The fourth-order valence-electron chi connectivity index (χ4n) is 3.15. The molecule has 3 aliphatic rings. The van der Waals surface area contributed by atoms with E-state index in [-0.39, 0.29) is 0 Å². The van der Waals surface area contributed by atoms with E-state index in [1.807, 2.05) is 0 Å². The summed E-state index contributed by atoms with van der Waals surface area (Å²) in [6.45, 7) is 9.03. The number of nitrogens with zero attached hydrogens (tertiary/aromatic N) is 2. The van der Waals surface area contributed by atoms with Crippen LogP contribution in [0, 0.1) is 5.92 Å². The topological polar surface area (TPSA) is 18.5 Å². The molecule has 0 amide bonds. The second-order valence-corrected chi connectivity index (χ2v) is 7.23. The molecule has 0 aromatic carbocycles. The van der Waals surface area contributed by atoms with Gasteiger partial charge >= 0.3 is 0 Å². The first-order chi connectivity index (χ1) is 8.92. The minimum atomic E-state index is 0.796. The van der Waals surface area contributed by atoms with Crippen molar-refractivity contribution in [2.45, 2.75) is 25.3 Å². The van der Waals surface area contributed by atoms with Crippen LogP contribution in [0.5, 0.6) is 0 Å². The Morgan fingerprint density at radius 1 is 1.00 bits per heavy atom. The van der Waals surface area contributed by atoms with Gasteiger partial charge in [0.1, 0.15) is 0 Å². The van der Waals surface area contributed by atoms with Gasteiger partial charge in [-0.3, -0.25) is 0 Å². The predicted octanol–water partition coefficient (Wildman–Crippen LogP) is 1.11. The minimum absolute atomic E-state index is 0.796. The molecule has 4 heteroatoms. The average molecular weight is 269 g/mol. The minimum Gasteiger partial charge on any atom is -0.312 e. The summed E-state index contributed by atoms with van der Waals surface area (Å²) >= 11 is 2.11. The maximum atomic E-state index is 3.75. The summed E-state index contributed by atoms with van der Waals surface area (Å²) in [5, 5.41) is 3.75. The van der Waals surface area contributed by atoms with E-state index in [1.165, 1.54) is 76.6 Å². The van der Waals surface area contributed by atoms with Crippen LogP contribution >= 0.6 is 11.8 Å². The number of hydrogen-bond acceptors (Lipinski definition) is 4. The Kier molecular flexibility index (Phi) is 4.85. The van der Waals surface area contributed by atoms with Crippen LogP contribution in [0.1, 0.15) is 19.3 Å². The van der Waals surface area contributed by atoms with Gasteiger partial charge < -0.3 is 15.1 Å². The van der Waals surface area contributed by atoms with Gasteiger partial charge in [-0.1, -0.05) is 0 Å². The molecule has 2 aliphatic heterocycles. The standard InChI is InChI=1S/C14H27N3S/c1-4-15-14(13-2-3-13)12-17(5-1)7-6-16-8-10-18-11-9-16/h13-15H,1-12H2. The Balaban J connectivity index is 1.42. The maximum absolute atomic E-state index is 3.75. The Labute approximate surface area is 116 Å². The van der Waals surface area contributed by atoms with Crippen LogP contribution in [0.2, 0.25) is 0 Å². The van der Waals surface area contributed by atoms with Gasteiger partial charge in [-0.25, -0.2) is 0 Å². The first kappa shape index (κ1) is 13.2. The molecule has 3 fully saturated rings. The summed E-state index contributed by atoms with van der Waals surface area (Å²) in [5.74, 6) is 3.68. The number of rotatable bonds is 4. The summed E-state index contributed by atoms with van der Waals surface area (Å²) in [5.41, 5.74) is 0. The molecule has 1 saturated carbocycles. The first-order valence-electron chi connectivity index (χ1n) is 7.68. The van der Waals surface area contributed by atoms with Gasteiger partial charge in [0, 0.05) is 50.3 Å². The van der Waals surface area contributed by atoms with Crippen LogP contribution in [0.4, 0.5) is 0 Å². The highest BCUT2D eigenvalue weighted by Crippen LogP contribution is 2.33. The third-order valence-corrected chi connectivity index (χ3v) is 5.48. The summed E-state index contributed by atoms with van der Waals surface area (Å²) in [6.07, 6.45) is 4.27. The summed E-state index contributed by atoms with van der Waals surface area (Å²) < 4.78 is 0. The van der Waals surface area contributed by atoms with Gasteiger partial charge in [-0.05, 0) is 38.3 Å². The highest BCUT2D eigenvalue weighted by molar-refractivity contribution is 7.99. The lowest BCUT2D eigenvalue weighted by Crippen LogP contribution is -2.43. The van der Waals surface area contributed by atoms with Crippen LogP contribution in [-0.2, 0) is 0 Å². The fraction of sp³-hybridized carbons (Fsp3) is 1.00. The van der Waals surface area contributed by atoms with Crippen molar-refractivity contribution in [2.24, 2.45) is 5.92 Å². The van der Waals surface area contributed by atoms with Gasteiger partial charge in [-0.15, -0.1) is 0 Å². The molecule has 0 spiro atoms. The van der Waals surface area contributed by atoms with Crippen LogP contribution < -0.4 is 5.32 Å². The molecule has 3 rings (SSSR count). The molecule has 3 nitrogen and oxygen atoms in total. The van der Waals surface area contributed by atoms with Crippen molar-refractivity contribution in [1.82, 2.24) is 15.1 Å². The first-order valence-corrected chi connectivity index (χ1v) is 8.83. The van der Waals surface area contributed by atoms with Crippen molar-refractivity contribution >= 4 is 11.8 Å². The molecule has 1 N–H and O–H groups in total. The SMILES string of the molecule is C1CNC(C2CC2)CN(CCN2CCSCC2)C1. The molecule has 0 aromatic heterocycles. The fourth-order valence-corrected chi connectivity index (χ4v) is 4.13. The van der Waals surface area contributed by atoms with Crippen molar-refractivity contribution in [2.75, 3.05) is 57.3 Å².